The Morgan fingerprint density at radius 3 is 2.53 bits per heavy atom. The summed E-state index contributed by atoms with van der Waals surface area (Å²) >= 11 is 0. The predicted molar refractivity (Wildman–Crippen MR) is 62.4 cm³/mol. The van der Waals surface area contributed by atoms with Gasteiger partial charge in [0.15, 0.2) is 0 Å². The third-order valence-electron chi connectivity index (χ3n) is 2.87. The van der Waals surface area contributed by atoms with E-state index < -0.39 is 15.8 Å². The Hall–Kier alpha value is -0.980. The normalized spacial score (nSPS) is 22.6. The summed E-state index contributed by atoms with van der Waals surface area (Å²) in [6.07, 6.45) is 1.61. The van der Waals surface area contributed by atoms with E-state index in [0.29, 0.717) is 13.1 Å². The summed E-state index contributed by atoms with van der Waals surface area (Å²) < 4.78 is 38.5. The van der Waals surface area contributed by atoms with E-state index in [4.69, 9.17) is 5.73 Å². The van der Waals surface area contributed by atoms with Gasteiger partial charge in [-0.05, 0) is 37.1 Å². The number of halogens is 1. The van der Waals surface area contributed by atoms with E-state index in [1.807, 2.05) is 0 Å². The van der Waals surface area contributed by atoms with Crippen LogP contribution in [0.25, 0.3) is 0 Å². The van der Waals surface area contributed by atoms with Crippen molar-refractivity contribution >= 4 is 10.0 Å². The van der Waals surface area contributed by atoms with Crippen molar-refractivity contribution in [2.75, 3.05) is 13.1 Å². The molecule has 1 aliphatic heterocycles. The van der Waals surface area contributed by atoms with Gasteiger partial charge in [-0.15, -0.1) is 0 Å². The predicted octanol–water partition coefficient (Wildman–Crippen LogP) is 0.938. The number of benzene rings is 1. The first-order valence-corrected chi connectivity index (χ1v) is 6.95. The van der Waals surface area contributed by atoms with Crippen LogP contribution in [0, 0.1) is 5.82 Å². The Balaban J connectivity index is 2.26. The van der Waals surface area contributed by atoms with E-state index in [1.54, 1.807) is 0 Å². The van der Waals surface area contributed by atoms with Crippen molar-refractivity contribution in [1.82, 2.24) is 4.31 Å². The fourth-order valence-corrected chi connectivity index (χ4v) is 3.48. The van der Waals surface area contributed by atoms with E-state index in [-0.39, 0.29) is 10.9 Å². The second-order valence-electron chi connectivity index (χ2n) is 4.22. The summed E-state index contributed by atoms with van der Waals surface area (Å²) in [6.45, 7) is 0.813. The fourth-order valence-electron chi connectivity index (χ4n) is 1.95. The average molecular weight is 258 g/mol. The summed E-state index contributed by atoms with van der Waals surface area (Å²) in [5.74, 6) is -0.445. The molecule has 0 aromatic heterocycles. The summed E-state index contributed by atoms with van der Waals surface area (Å²) in [7, 11) is -3.53. The molecule has 0 spiro atoms. The van der Waals surface area contributed by atoms with Gasteiger partial charge in [0.25, 0.3) is 0 Å². The van der Waals surface area contributed by atoms with Crippen molar-refractivity contribution in [1.29, 1.82) is 0 Å². The SMILES string of the molecule is N[C@@H]1CCCN(S(=O)(=O)c2ccc(F)cc2)C1. The van der Waals surface area contributed by atoms with Gasteiger partial charge in [-0.25, -0.2) is 12.8 Å². The maximum absolute atomic E-state index is 12.8. The zero-order valence-electron chi connectivity index (χ0n) is 9.34. The Labute approximate surface area is 100 Å². The first kappa shape index (κ1) is 12.5. The van der Waals surface area contributed by atoms with Gasteiger partial charge < -0.3 is 5.73 Å². The van der Waals surface area contributed by atoms with E-state index >= 15 is 0 Å². The van der Waals surface area contributed by atoms with Crippen molar-refractivity contribution in [3.05, 3.63) is 30.1 Å². The fraction of sp³-hybridized carbons (Fsp3) is 0.455. The molecule has 1 fully saturated rings. The van der Waals surface area contributed by atoms with Crippen molar-refractivity contribution in [2.45, 2.75) is 23.8 Å². The maximum atomic E-state index is 12.8. The molecule has 1 atom stereocenters. The quantitative estimate of drug-likeness (QED) is 0.858. The third-order valence-corrected chi connectivity index (χ3v) is 4.75. The van der Waals surface area contributed by atoms with Crippen LogP contribution in [0.3, 0.4) is 0 Å². The molecule has 1 heterocycles. The molecule has 1 aliphatic rings. The van der Waals surface area contributed by atoms with Crippen LogP contribution in [0.1, 0.15) is 12.8 Å². The number of nitrogens with two attached hydrogens (primary N) is 1. The van der Waals surface area contributed by atoms with E-state index in [1.165, 1.54) is 16.4 Å². The van der Waals surface area contributed by atoms with Gasteiger partial charge in [0.1, 0.15) is 5.82 Å². The van der Waals surface area contributed by atoms with Gasteiger partial charge in [0.2, 0.25) is 10.0 Å². The summed E-state index contributed by atoms with van der Waals surface area (Å²) in [5, 5.41) is 0. The molecule has 0 unspecified atom stereocenters. The molecule has 0 radical (unpaired) electrons. The summed E-state index contributed by atoms with van der Waals surface area (Å²) in [6, 6.07) is 4.75. The standard InChI is InChI=1S/C11H15FN2O2S/c12-9-3-5-11(6-4-9)17(15,16)14-7-1-2-10(13)8-14/h3-6,10H,1-2,7-8,13H2/t10-/m1/s1. The highest BCUT2D eigenvalue weighted by atomic mass is 32.2. The molecule has 1 aromatic rings. The Kier molecular flexibility index (Phi) is 3.46. The Morgan fingerprint density at radius 1 is 1.29 bits per heavy atom. The molecule has 0 saturated carbocycles. The van der Waals surface area contributed by atoms with Crippen LogP contribution in [0.5, 0.6) is 0 Å². The summed E-state index contributed by atoms with van der Waals surface area (Å²) in [5.41, 5.74) is 5.76. The van der Waals surface area contributed by atoms with Crippen molar-refractivity contribution < 1.29 is 12.8 Å². The number of sulfonamides is 1. The smallest absolute Gasteiger partial charge is 0.243 e. The minimum absolute atomic E-state index is 0.112. The first-order chi connectivity index (χ1) is 8.00. The molecule has 6 heteroatoms. The highest BCUT2D eigenvalue weighted by Gasteiger charge is 2.28. The second kappa shape index (κ2) is 4.72. The van der Waals surface area contributed by atoms with Crippen LogP contribution in [0.15, 0.2) is 29.2 Å². The topological polar surface area (TPSA) is 63.4 Å². The molecule has 0 bridgehead atoms. The number of piperidine rings is 1. The van der Waals surface area contributed by atoms with Gasteiger partial charge >= 0.3 is 0 Å². The van der Waals surface area contributed by atoms with Crippen LogP contribution >= 0.6 is 0 Å². The second-order valence-corrected chi connectivity index (χ2v) is 6.16. The maximum Gasteiger partial charge on any atom is 0.243 e. The van der Waals surface area contributed by atoms with E-state index in [0.717, 1.165) is 25.0 Å². The molecule has 94 valence electrons. The first-order valence-electron chi connectivity index (χ1n) is 5.51. The molecule has 0 amide bonds. The highest BCUT2D eigenvalue weighted by molar-refractivity contribution is 7.89. The number of nitrogens with zero attached hydrogens (tertiary/aromatic N) is 1. The molecule has 1 aromatic carbocycles. The molecule has 2 N–H and O–H groups in total. The average Bonchev–Trinajstić information content (AvgIpc) is 2.29. The molecular formula is C11H15FN2O2S. The monoisotopic (exact) mass is 258 g/mol. The zero-order chi connectivity index (χ0) is 12.5. The van der Waals surface area contributed by atoms with Crippen molar-refractivity contribution in [3.63, 3.8) is 0 Å². The van der Waals surface area contributed by atoms with Crippen molar-refractivity contribution in [2.24, 2.45) is 5.73 Å². The molecule has 0 aliphatic carbocycles. The largest absolute Gasteiger partial charge is 0.327 e. The minimum Gasteiger partial charge on any atom is -0.327 e. The van der Waals surface area contributed by atoms with Gasteiger partial charge in [-0.1, -0.05) is 0 Å². The zero-order valence-corrected chi connectivity index (χ0v) is 10.2. The highest BCUT2D eigenvalue weighted by Crippen LogP contribution is 2.20. The van der Waals surface area contributed by atoms with Crippen LogP contribution in [-0.2, 0) is 10.0 Å². The van der Waals surface area contributed by atoms with Crippen molar-refractivity contribution in [3.8, 4) is 0 Å². The third kappa shape index (κ3) is 2.65. The van der Waals surface area contributed by atoms with E-state index in [9.17, 15) is 12.8 Å². The van der Waals surface area contributed by atoms with Gasteiger partial charge in [0, 0.05) is 19.1 Å². The Morgan fingerprint density at radius 2 is 1.94 bits per heavy atom. The number of hydrogen-bond acceptors (Lipinski definition) is 3. The molecule has 1 saturated heterocycles. The van der Waals surface area contributed by atoms with Crippen LogP contribution in [-0.4, -0.2) is 31.9 Å². The van der Waals surface area contributed by atoms with Crippen LogP contribution in [0.2, 0.25) is 0 Å². The lowest BCUT2D eigenvalue weighted by atomic mass is 10.1. The van der Waals surface area contributed by atoms with Crippen LogP contribution < -0.4 is 5.73 Å². The van der Waals surface area contributed by atoms with Gasteiger partial charge in [0.05, 0.1) is 4.90 Å². The Bertz CT molecular complexity index is 487. The van der Waals surface area contributed by atoms with Gasteiger partial charge in [-0.2, -0.15) is 4.31 Å². The van der Waals surface area contributed by atoms with Crippen LogP contribution in [0.4, 0.5) is 4.39 Å². The minimum atomic E-state index is -3.53. The molecule has 2 rings (SSSR count). The summed E-state index contributed by atoms with van der Waals surface area (Å²) in [4.78, 5) is 0.119. The molecular weight excluding hydrogens is 243 g/mol. The lowest BCUT2D eigenvalue weighted by molar-refractivity contribution is 0.316. The number of rotatable bonds is 2. The molecule has 17 heavy (non-hydrogen) atoms. The van der Waals surface area contributed by atoms with Gasteiger partial charge in [-0.3, -0.25) is 0 Å². The van der Waals surface area contributed by atoms with E-state index in [2.05, 4.69) is 0 Å². The lowest BCUT2D eigenvalue weighted by Gasteiger charge is -2.29. The number of hydrogen-bond donors (Lipinski definition) is 1. The molecule has 4 nitrogen and oxygen atoms in total. The lowest BCUT2D eigenvalue weighted by Crippen LogP contribution is -2.45.